The third kappa shape index (κ3) is 3.07. The number of aromatic nitrogens is 4. The van der Waals surface area contributed by atoms with Crippen LogP contribution in [0.5, 0.6) is 0 Å². The van der Waals surface area contributed by atoms with Crippen molar-refractivity contribution in [1.29, 1.82) is 0 Å². The van der Waals surface area contributed by atoms with Gasteiger partial charge in [-0.25, -0.2) is 9.07 Å². The standard InChI is InChI=1S/C22H24FN5/c23-17-11-12-20-16(15-17)13-14-27(18-7-3-1-4-8-18)21(20)22-24-25-26-28(22)19-9-5-2-6-10-19/h1,3-4,7-8,11-12,15,19,21H,2,5-6,9-10,13-14H2/t21-/m1/s1. The number of hydrogen-bond donors (Lipinski definition) is 0. The minimum absolute atomic E-state index is 0.108. The summed E-state index contributed by atoms with van der Waals surface area (Å²) in [5, 5.41) is 12.9. The second-order valence-electron chi connectivity index (χ2n) is 7.80. The van der Waals surface area contributed by atoms with Gasteiger partial charge in [0.2, 0.25) is 0 Å². The summed E-state index contributed by atoms with van der Waals surface area (Å²) in [4.78, 5) is 2.35. The highest BCUT2D eigenvalue weighted by atomic mass is 19.1. The molecule has 28 heavy (non-hydrogen) atoms. The van der Waals surface area contributed by atoms with Crippen molar-refractivity contribution in [3.63, 3.8) is 0 Å². The lowest BCUT2D eigenvalue weighted by atomic mass is 9.90. The van der Waals surface area contributed by atoms with E-state index in [1.165, 1.54) is 19.3 Å². The molecule has 5 rings (SSSR count). The Bertz CT molecular complexity index is 949. The third-order valence-corrected chi connectivity index (χ3v) is 6.10. The maximum Gasteiger partial charge on any atom is 0.178 e. The molecule has 6 heteroatoms. The normalized spacial score (nSPS) is 20.2. The van der Waals surface area contributed by atoms with Crippen LogP contribution in [-0.2, 0) is 6.42 Å². The maximum absolute atomic E-state index is 13.9. The molecule has 2 aliphatic rings. The molecule has 144 valence electrons. The molecule has 3 aromatic rings. The lowest BCUT2D eigenvalue weighted by Crippen LogP contribution is -2.38. The van der Waals surface area contributed by atoms with E-state index in [0.717, 1.165) is 48.4 Å². The number of para-hydroxylation sites is 1. The smallest absolute Gasteiger partial charge is 0.178 e. The molecule has 0 amide bonds. The SMILES string of the molecule is Fc1ccc2c(c1)CCN(c1ccccc1)[C@H]2c1nnnn1C1CCCCC1. The largest absolute Gasteiger partial charge is 0.357 e. The Labute approximate surface area is 164 Å². The Morgan fingerprint density at radius 2 is 1.79 bits per heavy atom. The van der Waals surface area contributed by atoms with Crippen LogP contribution in [-0.4, -0.2) is 26.8 Å². The number of nitrogens with zero attached hydrogens (tertiary/aromatic N) is 5. The van der Waals surface area contributed by atoms with E-state index in [9.17, 15) is 4.39 Å². The van der Waals surface area contributed by atoms with Crippen LogP contribution in [0.3, 0.4) is 0 Å². The number of rotatable bonds is 3. The highest BCUT2D eigenvalue weighted by Gasteiger charge is 2.35. The lowest BCUT2D eigenvalue weighted by Gasteiger charge is -2.39. The van der Waals surface area contributed by atoms with Gasteiger partial charge in [-0.05, 0) is 65.1 Å². The quantitative estimate of drug-likeness (QED) is 0.676. The van der Waals surface area contributed by atoms with Crippen molar-refractivity contribution in [3.05, 3.63) is 71.3 Å². The predicted molar refractivity (Wildman–Crippen MR) is 106 cm³/mol. The number of tetrazole rings is 1. The number of fused-ring (bicyclic) bond motifs is 1. The van der Waals surface area contributed by atoms with Crippen LogP contribution in [0.2, 0.25) is 0 Å². The Balaban J connectivity index is 1.62. The van der Waals surface area contributed by atoms with Gasteiger partial charge in [-0.15, -0.1) is 5.10 Å². The van der Waals surface area contributed by atoms with E-state index >= 15 is 0 Å². The van der Waals surface area contributed by atoms with Gasteiger partial charge in [0.15, 0.2) is 5.82 Å². The highest BCUT2D eigenvalue weighted by Crippen LogP contribution is 2.39. The number of benzene rings is 2. The summed E-state index contributed by atoms with van der Waals surface area (Å²) in [6.07, 6.45) is 6.77. The predicted octanol–water partition coefficient (Wildman–Crippen LogP) is 4.47. The average Bonchev–Trinajstić information content (AvgIpc) is 3.23. The van der Waals surface area contributed by atoms with Gasteiger partial charge in [0.25, 0.3) is 0 Å². The Morgan fingerprint density at radius 3 is 2.61 bits per heavy atom. The van der Waals surface area contributed by atoms with E-state index in [-0.39, 0.29) is 11.9 Å². The molecule has 1 fully saturated rings. The summed E-state index contributed by atoms with van der Waals surface area (Å²) in [5.41, 5.74) is 3.29. The highest BCUT2D eigenvalue weighted by molar-refractivity contribution is 5.54. The second-order valence-corrected chi connectivity index (χ2v) is 7.80. The molecule has 1 saturated carbocycles. The molecule has 0 unspecified atom stereocenters. The summed E-state index contributed by atoms with van der Waals surface area (Å²) >= 11 is 0. The van der Waals surface area contributed by atoms with Gasteiger partial charge in [0.1, 0.15) is 11.9 Å². The molecular weight excluding hydrogens is 353 g/mol. The molecule has 1 atom stereocenters. The van der Waals surface area contributed by atoms with Crippen molar-refractivity contribution in [2.45, 2.75) is 50.6 Å². The van der Waals surface area contributed by atoms with E-state index < -0.39 is 0 Å². The Hall–Kier alpha value is -2.76. The minimum atomic E-state index is -0.183. The van der Waals surface area contributed by atoms with E-state index in [2.05, 4.69) is 44.7 Å². The topological polar surface area (TPSA) is 46.8 Å². The second kappa shape index (κ2) is 7.34. The summed E-state index contributed by atoms with van der Waals surface area (Å²) in [6, 6.07) is 15.7. The first kappa shape index (κ1) is 17.3. The van der Waals surface area contributed by atoms with Gasteiger partial charge in [-0.1, -0.05) is 43.5 Å². The maximum atomic E-state index is 13.9. The van der Waals surface area contributed by atoms with Gasteiger partial charge in [0.05, 0.1) is 6.04 Å². The molecule has 2 heterocycles. The van der Waals surface area contributed by atoms with Crippen LogP contribution in [0.25, 0.3) is 0 Å². The molecule has 0 saturated heterocycles. The van der Waals surface area contributed by atoms with Crippen molar-refractivity contribution in [2.75, 3.05) is 11.4 Å². The van der Waals surface area contributed by atoms with Gasteiger partial charge in [0, 0.05) is 12.2 Å². The molecule has 5 nitrogen and oxygen atoms in total. The average molecular weight is 377 g/mol. The zero-order chi connectivity index (χ0) is 18.9. The number of hydrogen-bond acceptors (Lipinski definition) is 4. The lowest BCUT2D eigenvalue weighted by molar-refractivity contribution is 0.313. The summed E-state index contributed by atoms with van der Waals surface area (Å²) in [5.74, 6) is 0.681. The molecule has 0 spiro atoms. The van der Waals surface area contributed by atoms with Crippen LogP contribution in [0.4, 0.5) is 10.1 Å². The third-order valence-electron chi connectivity index (χ3n) is 6.10. The van der Waals surface area contributed by atoms with Crippen LogP contribution in [0.1, 0.15) is 61.1 Å². The first-order valence-corrected chi connectivity index (χ1v) is 10.2. The van der Waals surface area contributed by atoms with E-state index in [4.69, 9.17) is 0 Å². The van der Waals surface area contributed by atoms with Crippen LogP contribution in [0.15, 0.2) is 48.5 Å². The van der Waals surface area contributed by atoms with Crippen LogP contribution < -0.4 is 4.90 Å². The molecule has 1 aromatic heterocycles. The van der Waals surface area contributed by atoms with Crippen LogP contribution in [0, 0.1) is 5.82 Å². The Morgan fingerprint density at radius 1 is 0.964 bits per heavy atom. The zero-order valence-electron chi connectivity index (χ0n) is 15.8. The van der Waals surface area contributed by atoms with E-state index in [1.54, 1.807) is 12.1 Å². The van der Waals surface area contributed by atoms with Gasteiger partial charge in [-0.3, -0.25) is 0 Å². The molecule has 1 aliphatic heterocycles. The molecular formula is C22H24FN5. The van der Waals surface area contributed by atoms with Gasteiger partial charge in [-0.2, -0.15) is 0 Å². The van der Waals surface area contributed by atoms with Crippen LogP contribution >= 0.6 is 0 Å². The van der Waals surface area contributed by atoms with E-state index in [1.807, 2.05) is 16.8 Å². The first-order chi connectivity index (χ1) is 13.8. The fourth-order valence-electron chi connectivity index (χ4n) is 4.74. The Kier molecular flexibility index (Phi) is 4.55. The monoisotopic (exact) mass is 377 g/mol. The van der Waals surface area contributed by atoms with Crippen molar-refractivity contribution >= 4 is 5.69 Å². The summed E-state index contributed by atoms with van der Waals surface area (Å²) < 4.78 is 15.9. The molecule has 0 N–H and O–H groups in total. The molecule has 2 aromatic carbocycles. The first-order valence-electron chi connectivity index (χ1n) is 10.2. The summed E-state index contributed by atoms with van der Waals surface area (Å²) in [6.45, 7) is 0.808. The van der Waals surface area contributed by atoms with Crippen molar-refractivity contribution in [2.24, 2.45) is 0 Å². The van der Waals surface area contributed by atoms with E-state index in [0.29, 0.717) is 6.04 Å². The fraction of sp³-hybridized carbons (Fsp3) is 0.409. The molecule has 0 radical (unpaired) electrons. The fourth-order valence-corrected chi connectivity index (χ4v) is 4.74. The van der Waals surface area contributed by atoms with Crippen molar-refractivity contribution in [1.82, 2.24) is 20.2 Å². The number of anilines is 1. The molecule has 0 bridgehead atoms. The zero-order valence-corrected chi connectivity index (χ0v) is 15.8. The molecule has 1 aliphatic carbocycles. The van der Waals surface area contributed by atoms with Gasteiger partial charge < -0.3 is 4.90 Å². The minimum Gasteiger partial charge on any atom is -0.357 e. The number of halogens is 1. The van der Waals surface area contributed by atoms with Crippen molar-refractivity contribution < 1.29 is 4.39 Å². The van der Waals surface area contributed by atoms with Crippen molar-refractivity contribution in [3.8, 4) is 0 Å². The van der Waals surface area contributed by atoms with Gasteiger partial charge >= 0.3 is 0 Å². The summed E-state index contributed by atoms with van der Waals surface area (Å²) in [7, 11) is 0.